The van der Waals surface area contributed by atoms with Crippen molar-refractivity contribution in [1.29, 1.82) is 0 Å². The first-order valence-corrected chi connectivity index (χ1v) is 11.0. The van der Waals surface area contributed by atoms with E-state index in [4.69, 9.17) is 0 Å². The molecule has 0 aliphatic carbocycles. The van der Waals surface area contributed by atoms with E-state index in [0.717, 1.165) is 6.07 Å². The number of hydrogen-bond donors (Lipinski definition) is 1. The summed E-state index contributed by atoms with van der Waals surface area (Å²) in [7, 11) is 1.57. The van der Waals surface area contributed by atoms with Crippen molar-refractivity contribution in [2.75, 3.05) is 11.9 Å². The lowest BCUT2D eigenvalue weighted by Crippen LogP contribution is -2.47. The van der Waals surface area contributed by atoms with E-state index < -0.39 is 53.1 Å². The van der Waals surface area contributed by atoms with E-state index in [1.165, 1.54) is 28.0 Å². The highest BCUT2D eigenvalue weighted by molar-refractivity contribution is 5.99. The minimum Gasteiger partial charge on any atom is -0.348 e. The van der Waals surface area contributed by atoms with Crippen molar-refractivity contribution in [3.63, 3.8) is 0 Å². The molecule has 3 amide bonds. The monoisotopic (exact) mass is 503 g/mol. The van der Waals surface area contributed by atoms with Crippen LogP contribution in [0.15, 0.2) is 42.5 Å². The third-order valence-electron chi connectivity index (χ3n) is 6.43. The quantitative estimate of drug-likeness (QED) is 0.451. The van der Waals surface area contributed by atoms with Crippen LogP contribution >= 0.6 is 0 Å². The second-order valence-corrected chi connectivity index (χ2v) is 8.62. The number of halogens is 5. The molecule has 4 rings (SSSR count). The lowest BCUT2D eigenvalue weighted by molar-refractivity contribution is 0.0950. The minimum absolute atomic E-state index is 0.00521. The van der Waals surface area contributed by atoms with Crippen molar-refractivity contribution < 1.29 is 31.5 Å². The van der Waals surface area contributed by atoms with Crippen molar-refractivity contribution in [2.24, 2.45) is 0 Å². The predicted molar refractivity (Wildman–Crippen MR) is 123 cm³/mol. The number of aryl methyl sites for hydroxylation is 1. The van der Waals surface area contributed by atoms with Gasteiger partial charge in [0.25, 0.3) is 5.91 Å². The van der Waals surface area contributed by atoms with Gasteiger partial charge in [-0.3, -0.25) is 9.69 Å². The first-order chi connectivity index (χ1) is 17.0. The molecule has 0 fully saturated rings. The van der Waals surface area contributed by atoms with Crippen LogP contribution in [0.25, 0.3) is 0 Å². The normalized spacial score (nSPS) is 15.2. The molecule has 1 aliphatic rings. The highest BCUT2D eigenvalue weighted by Gasteiger charge is 2.34. The van der Waals surface area contributed by atoms with Gasteiger partial charge in [-0.1, -0.05) is 12.1 Å². The number of carbonyl (C=O) groups is 2. The largest absolute Gasteiger partial charge is 0.348 e. The summed E-state index contributed by atoms with van der Waals surface area (Å²) in [6, 6.07) is 7.10. The second-order valence-electron chi connectivity index (χ2n) is 8.62. The second kappa shape index (κ2) is 9.60. The first kappa shape index (κ1) is 25.2. The van der Waals surface area contributed by atoms with Gasteiger partial charge in [0.15, 0.2) is 11.6 Å². The van der Waals surface area contributed by atoms with E-state index in [2.05, 4.69) is 5.32 Å². The Hall–Kier alpha value is -3.95. The molecule has 0 radical (unpaired) electrons. The van der Waals surface area contributed by atoms with E-state index in [0.29, 0.717) is 28.9 Å². The summed E-state index contributed by atoms with van der Waals surface area (Å²) >= 11 is 0. The molecular formula is C26H22F5N3O2. The zero-order valence-electron chi connectivity index (χ0n) is 19.6. The number of amides is 3. The maximum Gasteiger partial charge on any atom is 0.325 e. The molecule has 1 N–H and O–H groups in total. The molecule has 0 saturated heterocycles. The number of benzene rings is 3. The summed E-state index contributed by atoms with van der Waals surface area (Å²) < 4.78 is 69.5. The molecule has 1 heterocycles. The molecule has 10 heteroatoms. The van der Waals surface area contributed by atoms with Crippen LogP contribution in [0.5, 0.6) is 0 Å². The summed E-state index contributed by atoms with van der Waals surface area (Å²) in [4.78, 5) is 28.6. The Labute approximate surface area is 204 Å². The van der Waals surface area contributed by atoms with E-state index in [9.17, 15) is 31.5 Å². The van der Waals surface area contributed by atoms with E-state index in [1.807, 2.05) is 0 Å². The molecule has 5 nitrogen and oxygen atoms in total. The average molecular weight is 503 g/mol. The fourth-order valence-corrected chi connectivity index (χ4v) is 4.15. The lowest BCUT2D eigenvalue weighted by atomic mass is 9.97. The van der Waals surface area contributed by atoms with Gasteiger partial charge in [-0.05, 0) is 43.2 Å². The molecule has 188 valence electrons. The number of rotatable bonds is 5. The van der Waals surface area contributed by atoms with Crippen molar-refractivity contribution in [2.45, 2.75) is 33.0 Å². The number of nitrogens with one attached hydrogen (secondary N) is 1. The van der Waals surface area contributed by atoms with Gasteiger partial charge in [0.1, 0.15) is 17.5 Å². The fourth-order valence-electron chi connectivity index (χ4n) is 4.15. The number of hydrogen-bond acceptors (Lipinski definition) is 2. The zero-order valence-corrected chi connectivity index (χ0v) is 19.6. The first-order valence-electron chi connectivity index (χ1n) is 11.0. The van der Waals surface area contributed by atoms with Gasteiger partial charge in [0.05, 0.1) is 18.3 Å². The van der Waals surface area contributed by atoms with Gasteiger partial charge < -0.3 is 10.2 Å². The van der Waals surface area contributed by atoms with Gasteiger partial charge >= 0.3 is 6.03 Å². The van der Waals surface area contributed by atoms with Crippen molar-refractivity contribution >= 4 is 17.6 Å². The van der Waals surface area contributed by atoms with Gasteiger partial charge in [0, 0.05) is 42.4 Å². The molecule has 0 saturated carbocycles. The van der Waals surface area contributed by atoms with Crippen LogP contribution in [0, 0.1) is 36.0 Å². The van der Waals surface area contributed by atoms with Crippen LogP contribution in [-0.2, 0) is 13.1 Å². The van der Waals surface area contributed by atoms with Crippen LogP contribution in [0.2, 0.25) is 0 Å². The Morgan fingerprint density at radius 1 is 0.944 bits per heavy atom. The molecule has 36 heavy (non-hydrogen) atoms. The topological polar surface area (TPSA) is 52.7 Å². The number of nitrogens with zero attached hydrogens (tertiary/aromatic N) is 2. The van der Waals surface area contributed by atoms with Crippen LogP contribution < -0.4 is 10.2 Å². The third-order valence-corrected chi connectivity index (χ3v) is 6.43. The number of urea groups is 1. The van der Waals surface area contributed by atoms with Crippen LogP contribution in [0.4, 0.5) is 32.4 Å². The summed E-state index contributed by atoms with van der Waals surface area (Å²) in [5, 5.41) is 2.38. The van der Waals surface area contributed by atoms with Crippen LogP contribution in [0.3, 0.4) is 0 Å². The van der Waals surface area contributed by atoms with Crippen LogP contribution in [-0.4, -0.2) is 23.9 Å². The van der Waals surface area contributed by atoms with Crippen molar-refractivity contribution in [3.05, 3.63) is 99.4 Å². The molecular weight excluding hydrogens is 481 g/mol. The number of carbonyl (C=O) groups excluding carboxylic acids is 2. The molecule has 3 aromatic carbocycles. The average Bonchev–Trinajstić information content (AvgIpc) is 2.83. The summed E-state index contributed by atoms with van der Waals surface area (Å²) in [5.74, 6) is -6.17. The molecule has 1 unspecified atom stereocenters. The minimum atomic E-state index is -1.14. The van der Waals surface area contributed by atoms with E-state index in [1.54, 1.807) is 27.0 Å². The Kier molecular flexibility index (Phi) is 6.71. The molecule has 1 aliphatic heterocycles. The Balaban J connectivity index is 1.67. The van der Waals surface area contributed by atoms with E-state index in [-0.39, 0.29) is 23.7 Å². The standard InChI is InChI=1S/C26H22F5N3O2/c1-13-4-7-20(28)24(31)19(13)12-34-23-8-15(5-6-17(23)14(2)33(3)26(34)36)25(35)32-11-18-21(29)9-16(27)10-22(18)30/h4-10,14H,11-12H2,1-3H3,(H,32,35). The third kappa shape index (κ3) is 4.50. The predicted octanol–water partition coefficient (Wildman–Crippen LogP) is 5.75. The molecule has 0 spiro atoms. The highest BCUT2D eigenvalue weighted by Crippen LogP contribution is 2.38. The van der Waals surface area contributed by atoms with Gasteiger partial charge in [-0.2, -0.15) is 0 Å². The molecule has 0 bridgehead atoms. The zero-order chi connectivity index (χ0) is 26.3. The Morgan fingerprint density at radius 2 is 1.61 bits per heavy atom. The summed E-state index contributed by atoms with van der Waals surface area (Å²) in [6.07, 6.45) is 0. The van der Waals surface area contributed by atoms with Crippen molar-refractivity contribution in [1.82, 2.24) is 10.2 Å². The Morgan fingerprint density at radius 3 is 2.28 bits per heavy atom. The fraction of sp³-hybridized carbons (Fsp3) is 0.231. The SMILES string of the molecule is Cc1ccc(F)c(F)c1CN1C(=O)N(C)C(C)c2ccc(C(=O)NCc3c(F)cc(F)cc3F)cc21. The highest BCUT2D eigenvalue weighted by atomic mass is 19.2. The molecule has 3 aromatic rings. The van der Waals surface area contributed by atoms with Gasteiger partial charge in [-0.15, -0.1) is 0 Å². The number of fused-ring (bicyclic) bond motifs is 1. The summed E-state index contributed by atoms with van der Waals surface area (Å²) in [5.41, 5.74) is 0.991. The summed E-state index contributed by atoms with van der Waals surface area (Å²) in [6.45, 7) is 2.55. The van der Waals surface area contributed by atoms with Crippen molar-refractivity contribution in [3.8, 4) is 0 Å². The lowest BCUT2D eigenvalue weighted by Gasteiger charge is -2.40. The maximum atomic E-state index is 14.6. The number of anilines is 1. The Bertz CT molecular complexity index is 1350. The molecule has 0 aromatic heterocycles. The van der Waals surface area contributed by atoms with E-state index >= 15 is 0 Å². The smallest absolute Gasteiger partial charge is 0.325 e. The molecule has 1 atom stereocenters. The van der Waals surface area contributed by atoms with Gasteiger partial charge in [0.2, 0.25) is 0 Å². The maximum absolute atomic E-state index is 14.6. The van der Waals surface area contributed by atoms with Gasteiger partial charge in [-0.25, -0.2) is 26.7 Å². The van der Waals surface area contributed by atoms with Crippen LogP contribution in [0.1, 0.15) is 45.6 Å².